The Morgan fingerprint density at radius 2 is 1.96 bits per heavy atom. The van der Waals surface area contributed by atoms with E-state index in [2.05, 4.69) is 9.97 Å². The van der Waals surface area contributed by atoms with Crippen molar-refractivity contribution >= 4 is 16.8 Å². The minimum absolute atomic E-state index is 0.0615. The van der Waals surface area contributed by atoms with Crippen LogP contribution in [0.2, 0.25) is 0 Å². The lowest BCUT2D eigenvalue weighted by Gasteiger charge is -2.19. The molecule has 0 aliphatic carbocycles. The van der Waals surface area contributed by atoms with Gasteiger partial charge in [0, 0.05) is 30.9 Å². The van der Waals surface area contributed by atoms with Gasteiger partial charge < -0.3 is 9.47 Å². The number of benzene rings is 1. The van der Waals surface area contributed by atoms with Gasteiger partial charge in [-0.25, -0.2) is 4.98 Å². The van der Waals surface area contributed by atoms with Gasteiger partial charge in [0.1, 0.15) is 6.54 Å². The number of rotatable bonds is 4. The van der Waals surface area contributed by atoms with Crippen LogP contribution < -0.4 is 0 Å². The number of nitrogens with zero attached hydrogens (tertiary/aromatic N) is 4. The van der Waals surface area contributed by atoms with Crippen molar-refractivity contribution in [2.75, 3.05) is 7.05 Å². The fourth-order valence-corrected chi connectivity index (χ4v) is 2.61. The summed E-state index contributed by atoms with van der Waals surface area (Å²) < 4.78 is 1.89. The molecule has 3 rings (SSSR count). The second-order valence-corrected chi connectivity index (χ2v) is 5.78. The third kappa shape index (κ3) is 3.08. The van der Waals surface area contributed by atoms with Crippen LogP contribution in [-0.4, -0.2) is 32.4 Å². The number of aromatic nitrogens is 3. The summed E-state index contributed by atoms with van der Waals surface area (Å²) in [5.74, 6) is 0.0615. The molecule has 0 radical (unpaired) electrons. The summed E-state index contributed by atoms with van der Waals surface area (Å²) in [6, 6.07) is 9.96. The molecular weight excluding hydrogens is 288 g/mol. The van der Waals surface area contributed by atoms with Gasteiger partial charge in [0.15, 0.2) is 0 Å². The van der Waals surface area contributed by atoms with Crippen molar-refractivity contribution in [1.82, 2.24) is 19.4 Å². The lowest BCUT2D eigenvalue weighted by atomic mass is 10.1. The molecule has 23 heavy (non-hydrogen) atoms. The lowest BCUT2D eigenvalue weighted by Crippen LogP contribution is -2.30. The Bertz CT molecular complexity index is 848. The van der Waals surface area contributed by atoms with Crippen molar-refractivity contribution in [2.24, 2.45) is 0 Å². The maximum Gasteiger partial charge on any atom is 0.242 e. The van der Waals surface area contributed by atoms with Crippen molar-refractivity contribution in [3.63, 3.8) is 0 Å². The fraction of sp³-hybridized carbons (Fsp3) is 0.278. The summed E-state index contributed by atoms with van der Waals surface area (Å²) in [6.45, 7) is 4.80. The fourth-order valence-electron chi connectivity index (χ4n) is 2.61. The number of amides is 1. The second kappa shape index (κ2) is 6.20. The highest BCUT2D eigenvalue weighted by Gasteiger charge is 2.13. The molecule has 5 heteroatoms. The first kappa shape index (κ1) is 15.2. The van der Waals surface area contributed by atoms with Gasteiger partial charge in [0.25, 0.3) is 0 Å². The van der Waals surface area contributed by atoms with Crippen molar-refractivity contribution in [1.29, 1.82) is 0 Å². The summed E-state index contributed by atoms with van der Waals surface area (Å²) in [7, 11) is 1.83. The average molecular weight is 308 g/mol. The first-order valence-electron chi connectivity index (χ1n) is 7.61. The number of fused-ring (bicyclic) bond motifs is 1. The Labute approximate surface area is 135 Å². The summed E-state index contributed by atoms with van der Waals surface area (Å²) in [4.78, 5) is 22.8. The molecule has 0 N–H and O–H groups in total. The topological polar surface area (TPSA) is 51.0 Å². The van der Waals surface area contributed by atoms with Crippen LogP contribution in [0.5, 0.6) is 0 Å². The van der Waals surface area contributed by atoms with Gasteiger partial charge in [-0.15, -0.1) is 0 Å². The van der Waals surface area contributed by atoms with E-state index in [9.17, 15) is 4.79 Å². The minimum atomic E-state index is 0.0615. The molecule has 118 valence electrons. The number of pyridine rings is 1. The van der Waals surface area contributed by atoms with Gasteiger partial charge in [-0.1, -0.05) is 18.2 Å². The second-order valence-electron chi connectivity index (χ2n) is 5.78. The quantitative estimate of drug-likeness (QED) is 0.744. The SMILES string of the molecule is Cc1ncn(CC(=O)N(C)Cc2ccnc3ccccc23)c1C. The Morgan fingerprint density at radius 3 is 2.70 bits per heavy atom. The van der Waals surface area contributed by atoms with E-state index in [1.54, 1.807) is 17.4 Å². The van der Waals surface area contributed by atoms with Gasteiger partial charge in [0.05, 0.1) is 17.5 Å². The zero-order valence-corrected chi connectivity index (χ0v) is 13.7. The van der Waals surface area contributed by atoms with Gasteiger partial charge in [-0.05, 0) is 31.5 Å². The highest BCUT2D eigenvalue weighted by Crippen LogP contribution is 2.17. The molecule has 0 aliphatic heterocycles. The van der Waals surface area contributed by atoms with Crippen LogP contribution in [0.4, 0.5) is 0 Å². The zero-order valence-electron chi connectivity index (χ0n) is 13.7. The van der Waals surface area contributed by atoms with Crippen LogP contribution >= 0.6 is 0 Å². The molecule has 2 aromatic heterocycles. The van der Waals surface area contributed by atoms with Gasteiger partial charge in [0.2, 0.25) is 5.91 Å². The molecule has 0 aliphatic rings. The Balaban J connectivity index is 1.76. The van der Waals surface area contributed by atoms with E-state index in [0.29, 0.717) is 13.1 Å². The zero-order chi connectivity index (χ0) is 16.4. The summed E-state index contributed by atoms with van der Waals surface area (Å²) in [5, 5.41) is 1.09. The molecule has 0 unspecified atom stereocenters. The molecule has 0 bridgehead atoms. The molecule has 0 atom stereocenters. The smallest absolute Gasteiger partial charge is 0.242 e. The predicted molar refractivity (Wildman–Crippen MR) is 89.9 cm³/mol. The van der Waals surface area contributed by atoms with Crippen LogP contribution in [0.1, 0.15) is 17.0 Å². The summed E-state index contributed by atoms with van der Waals surface area (Å²) in [6.07, 6.45) is 3.51. The molecule has 0 saturated heterocycles. The van der Waals surface area contributed by atoms with Crippen LogP contribution in [0, 0.1) is 13.8 Å². The molecule has 1 aromatic carbocycles. The van der Waals surface area contributed by atoms with E-state index >= 15 is 0 Å². The third-order valence-electron chi connectivity index (χ3n) is 4.22. The van der Waals surface area contributed by atoms with E-state index in [0.717, 1.165) is 27.9 Å². The van der Waals surface area contributed by atoms with Crippen LogP contribution in [0.3, 0.4) is 0 Å². The Morgan fingerprint density at radius 1 is 1.17 bits per heavy atom. The normalized spacial score (nSPS) is 10.9. The van der Waals surface area contributed by atoms with Crippen molar-refractivity contribution in [2.45, 2.75) is 26.9 Å². The van der Waals surface area contributed by atoms with E-state index in [-0.39, 0.29) is 5.91 Å². The third-order valence-corrected chi connectivity index (χ3v) is 4.22. The van der Waals surface area contributed by atoms with Crippen LogP contribution in [0.25, 0.3) is 10.9 Å². The average Bonchev–Trinajstić information content (AvgIpc) is 2.87. The summed E-state index contributed by atoms with van der Waals surface area (Å²) in [5.41, 5.74) is 4.04. The van der Waals surface area contributed by atoms with Gasteiger partial charge in [-0.3, -0.25) is 9.78 Å². The molecular formula is C18H20N4O. The largest absolute Gasteiger partial charge is 0.340 e. The molecule has 3 aromatic rings. The molecule has 5 nitrogen and oxygen atoms in total. The standard InChI is InChI=1S/C18H20N4O/c1-13-14(2)22(12-20-13)11-18(23)21(3)10-15-8-9-19-17-7-5-4-6-16(15)17/h4-9,12H,10-11H2,1-3H3. The van der Waals surface area contributed by atoms with Crippen molar-refractivity contribution in [3.8, 4) is 0 Å². The molecule has 2 heterocycles. The summed E-state index contributed by atoms with van der Waals surface area (Å²) >= 11 is 0. The number of para-hydroxylation sites is 1. The van der Waals surface area contributed by atoms with Crippen molar-refractivity contribution < 1.29 is 4.79 Å². The Kier molecular flexibility index (Phi) is 4.10. The molecule has 0 spiro atoms. The molecule has 1 amide bonds. The lowest BCUT2D eigenvalue weighted by molar-refractivity contribution is -0.131. The van der Waals surface area contributed by atoms with Crippen LogP contribution in [-0.2, 0) is 17.9 Å². The van der Waals surface area contributed by atoms with Gasteiger partial charge >= 0.3 is 0 Å². The van der Waals surface area contributed by atoms with E-state index in [1.807, 2.05) is 55.8 Å². The molecule has 0 fully saturated rings. The van der Waals surface area contributed by atoms with E-state index in [4.69, 9.17) is 0 Å². The van der Waals surface area contributed by atoms with E-state index in [1.165, 1.54) is 0 Å². The molecule has 0 saturated carbocycles. The van der Waals surface area contributed by atoms with E-state index < -0.39 is 0 Å². The number of imidazole rings is 1. The number of hydrogen-bond donors (Lipinski definition) is 0. The Hall–Kier alpha value is -2.69. The minimum Gasteiger partial charge on any atom is -0.340 e. The number of likely N-dealkylation sites (N-methyl/N-ethyl adjacent to an activating group) is 1. The predicted octanol–water partition coefficient (Wildman–Crippen LogP) is 2.71. The van der Waals surface area contributed by atoms with Crippen molar-refractivity contribution in [3.05, 3.63) is 59.8 Å². The maximum absolute atomic E-state index is 12.5. The number of aryl methyl sites for hydroxylation is 1. The highest BCUT2D eigenvalue weighted by atomic mass is 16.2. The monoisotopic (exact) mass is 308 g/mol. The number of carbonyl (C=O) groups is 1. The maximum atomic E-state index is 12.5. The van der Waals surface area contributed by atoms with Crippen LogP contribution in [0.15, 0.2) is 42.9 Å². The number of hydrogen-bond acceptors (Lipinski definition) is 3. The highest BCUT2D eigenvalue weighted by molar-refractivity contribution is 5.82. The van der Waals surface area contributed by atoms with Gasteiger partial charge in [-0.2, -0.15) is 0 Å². The first-order valence-corrected chi connectivity index (χ1v) is 7.61. The first-order chi connectivity index (χ1) is 11.1. The number of carbonyl (C=O) groups excluding carboxylic acids is 1.